The molecule has 2 heterocycles. The Morgan fingerprint density at radius 1 is 1.16 bits per heavy atom. The Balaban J connectivity index is 1.69. The molecule has 5 nitrogen and oxygen atoms in total. The zero-order valence-corrected chi connectivity index (χ0v) is 14.9. The van der Waals surface area contributed by atoms with Gasteiger partial charge in [0.1, 0.15) is 0 Å². The number of carbonyl (C=O) groups excluding carboxylic acids is 1. The molecule has 0 atom stereocenters. The number of benzene rings is 1. The number of amides is 1. The lowest BCUT2D eigenvalue weighted by Crippen LogP contribution is -2.26. The van der Waals surface area contributed by atoms with Crippen LogP contribution in [0, 0.1) is 13.8 Å². The van der Waals surface area contributed by atoms with Crippen LogP contribution in [0.25, 0.3) is 5.82 Å². The third-order valence-corrected chi connectivity index (χ3v) is 4.42. The number of aryl methyl sites for hydroxylation is 1. The molecule has 0 aliphatic heterocycles. The van der Waals surface area contributed by atoms with Gasteiger partial charge in [-0.05, 0) is 50.1 Å². The number of nitrogens with one attached hydrogen (secondary N) is 1. The summed E-state index contributed by atoms with van der Waals surface area (Å²) in [5.41, 5.74) is 3.57. The van der Waals surface area contributed by atoms with Crippen molar-refractivity contribution in [2.75, 3.05) is 6.54 Å². The summed E-state index contributed by atoms with van der Waals surface area (Å²) in [6.07, 6.45) is 2.44. The molecule has 0 spiro atoms. The summed E-state index contributed by atoms with van der Waals surface area (Å²) in [5.74, 6) is 0.618. The molecular weight excluding hydrogens is 336 g/mol. The van der Waals surface area contributed by atoms with Crippen LogP contribution in [0.1, 0.15) is 27.3 Å². The van der Waals surface area contributed by atoms with E-state index in [9.17, 15) is 4.79 Å². The normalized spacial score (nSPS) is 10.7. The minimum Gasteiger partial charge on any atom is -0.352 e. The minimum atomic E-state index is -0.168. The van der Waals surface area contributed by atoms with E-state index < -0.39 is 0 Å². The molecule has 3 rings (SSSR count). The highest BCUT2D eigenvalue weighted by Gasteiger charge is 2.14. The van der Waals surface area contributed by atoms with Gasteiger partial charge in [0.05, 0.1) is 16.3 Å². The fourth-order valence-electron chi connectivity index (χ4n) is 2.78. The van der Waals surface area contributed by atoms with Crippen molar-refractivity contribution >= 4 is 17.5 Å². The molecule has 0 aliphatic carbocycles. The Bertz CT molecular complexity index is 890. The monoisotopic (exact) mass is 354 g/mol. The molecule has 0 bridgehead atoms. The van der Waals surface area contributed by atoms with Gasteiger partial charge < -0.3 is 5.32 Å². The van der Waals surface area contributed by atoms with E-state index in [2.05, 4.69) is 15.4 Å². The summed E-state index contributed by atoms with van der Waals surface area (Å²) >= 11 is 6.06. The van der Waals surface area contributed by atoms with Gasteiger partial charge in [0.25, 0.3) is 5.91 Å². The van der Waals surface area contributed by atoms with E-state index in [-0.39, 0.29) is 5.91 Å². The lowest BCUT2D eigenvalue weighted by molar-refractivity contribution is 0.0954. The number of hydrogen-bond donors (Lipinski definition) is 1. The van der Waals surface area contributed by atoms with Crippen LogP contribution < -0.4 is 5.32 Å². The van der Waals surface area contributed by atoms with Gasteiger partial charge in [-0.15, -0.1) is 0 Å². The van der Waals surface area contributed by atoms with Crippen molar-refractivity contribution in [2.24, 2.45) is 0 Å². The second-order valence-electron chi connectivity index (χ2n) is 5.73. The Morgan fingerprint density at radius 2 is 1.92 bits per heavy atom. The van der Waals surface area contributed by atoms with Crippen molar-refractivity contribution in [1.82, 2.24) is 20.1 Å². The number of halogens is 1. The fraction of sp³-hybridized carbons (Fsp3) is 0.211. The van der Waals surface area contributed by atoms with Crippen LogP contribution in [0.2, 0.25) is 5.02 Å². The van der Waals surface area contributed by atoms with E-state index in [1.807, 2.05) is 36.7 Å². The number of nitrogens with zero attached hydrogens (tertiary/aromatic N) is 3. The largest absolute Gasteiger partial charge is 0.352 e. The first-order chi connectivity index (χ1) is 12.1. The lowest BCUT2D eigenvalue weighted by atomic mass is 10.1. The van der Waals surface area contributed by atoms with Crippen molar-refractivity contribution in [3.8, 4) is 5.82 Å². The summed E-state index contributed by atoms with van der Waals surface area (Å²) in [6, 6.07) is 12.8. The first-order valence-electron chi connectivity index (χ1n) is 8.07. The summed E-state index contributed by atoms with van der Waals surface area (Å²) in [5, 5.41) is 7.94. The third-order valence-electron chi connectivity index (χ3n) is 4.09. The first-order valence-corrected chi connectivity index (χ1v) is 8.45. The topological polar surface area (TPSA) is 59.8 Å². The Kier molecular flexibility index (Phi) is 5.14. The molecular formula is C19H19ClN4O. The van der Waals surface area contributed by atoms with Gasteiger partial charge in [-0.1, -0.05) is 29.8 Å². The van der Waals surface area contributed by atoms with Gasteiger partial charge in [0.2, 0.25) is 0 Å². The van der Waals surface area contributed by atoms with Crippen LogP contribution in [0.5, 0.6) is 0 Å². The van der Waals surface area contributed by atoms with Gasteiger partial charge in [-0.3, -0.25) is 4.79 Å². The maximum absolute atomic E-state index is 12.2. The van der Waals surface area contributed by atoms with E-state index in [1.165, 1.54) is 0 Å². The highest BCUT2D eigenvalue weighted by molar-refractivity contribution is 6.33. The number of carbonyl (C=O) groups is 1. The summed E-state index contributed by atoms with van der Waals surface area (Å²) in [6.45, 7) is 4.50. The third kappa shape index (κ3) is 3.72. The maximum Gasteiger partial charge on any atom is 0.252 e. The van der Waals surface area contributed by atoms with Crippen LogP contribution in [0.3, 0.4) is 0 Å². The average molecular weight is 355 g/mol. The maximum atomic E-state index is 12.2. The average Bonchev–Trinajstić information content (AvgIpc) is 2.91. The molecule has 2 aromatic heterocycles. The molecule has 25 heavy (non-hydrogen) atoms. The molecule has 0 saturated heterocycles. The van der Waals surface area contributed by atoms with Crippen molar-refractivity contribution in [3.05, 3.63) is 76.2 Å². The highest BCUT2D eigenvalue weighted by Crippen LogP contribution is 2.17. The molecule has 0 radical (unpaired) electrons. The molecule has 3 aromatic rings. The number of aromatic nitrogens is 3. The van der Waals surface area contributed by atoms with E-state index >= 15 is 0 Å². The SMILES string of the molecule is Cc1nn(-c2ccccn2)c(C)c1CCNC(=O)c1ccccc1Cl. The molecule has 0 aliphatic rings. The van der Waals surface area contributed by atoms with E-state index in [1.54, 1.807) is 30.5 Å². The minimum absolute atomic E-state index is 0.168. The molecule has 0 unspecified atom stereocenters. The molecule has 6 heteroatoms. The van der Waals surface area contributed by atoms with E-state index in [0.29, 0.717) is 23.6 Å². The Hall–Kier alpha value is -2.66. The zero-order chi connectivity index (χ0) is 17.8. The second-order valence-corrected chi connectivity index (χ2v) is 6.14. The van der Waals surface area contributed by atoms with Crippen LogP contribution in [0.4, 0.5) is 0 Å². The molecule has 1 aromatic carbocycles. The standard InChI is InChI=1S/C19H19ClN4O/c1-13-15(14(2)24(23-13)18-9-5-6-11-21-18)10-12-22-19(25)16-7-3-4-8-17(16)20/h3-9,11H,10,12H2,1-2H3,(H,22,25). The van der Waals surface area contributed by atoms with Crippen LogP contribution in [0.15, 0.2) is 48.7 Å². The Labute approximate surface area is 151 Å². The van der Waals surface area contributed by atoms with Gasteiger partial charge in [-0.25, -0.2) is 9.67 Å². The Morgan fingerprint density at radius 3 is 2.64 bits per heavy atom. The lowest BCUT2D eigenvalue weighted by Gasteiger charge is -2.07. The number of rotatable bonds is 5. The fourth-order valence-corrected chi connectivity index (χ4v) is 3.00. The molecule has 0 saturated carbocycles. The van der Waals surface area contributed by atoms with Crippen molar-refractivity contribution in [2.45, 2.75) is 20.3 Å². The van der Waals surface area contributed by atoms with Gasteiger partial charge >= 0.3 is 0 Å². The van der Waals surface area contributed by atoms with Gasteiger partial charge in [-0.2, -0.15) is 5.10 Å². The zero-order valence-electron chi connectivity index (χ0n) is 14.2. The van der Waals surface area contributed by atoms with Gasteiger partial charge in [0.15, 0.2) is 5.82 Å². The smallest absolute Gasteiger partial charge is 0.252 e. The quantitative estimate of drug-likeness (QED) is 0.762. The van der Waals surface area contributed by atoms with Crippen molar-refractivity contribution < 1.29 is 4.79 Å². The predicted molar refractivity (Wildman–Crippen MR) is 98.3 cm³/mol. The first kappa shape index (κ1) is 17.2. The van der Waals surface area contributed by atoms with Crippen LogP contribution in [-0.2, 0) is 6.42 Å². The molecule has 0 fully saturated rings. The molecule has 1 amide bonds. The summed E-state index contributed by atoms with van der Waals surface area (Å²) in [4.78, 5) is 16.6. The van der Waals surface area contributed by atoms with Crippen LogP contribution >= 0.6 is 11.6 Å². The van der Waals surface area contributed by atoms with E-state index in [0.717, 1.165) is 22.8 Å². The summed E-state index contributed by atoms with van der Waals surface area (Å²) < 4.78 is 1.83. The summed E-state index contributed by atoms with van der Waals surface area (Å²) in [7, 11) is 0. The molecule has 1 N–H and O–H groups in total. The second kappa shape index (κ2) is 7.49. The van der Waals surface area contributed by atoms with Crippen molar-refractivity contribution in [3.63, 3.8) is 0 Å². The molecule has 128 valence electrons. The van der Waals surface area contributed by atoms with Gasteiger partial charge in [0, 0.05) is 18.4 Å². The van der Waals surface area contributed by atoms with E-state index in [4.69, 9.17) is 11.6 Å². The van der Waals surface area contributed by atoms with Crippen molar-refractivity contribution in [1.29, 1.82) is 0 Å². The number of hydrogen-bond acceptors (Lipinski definition) is 3. The predicted octanol–water partition coefficient (Wildman–Crippen LogP) is 3.51. The number of pyridine rings is 1. The highest BCUT2D eigenvalue weighted by atomic mass is 35.5. The van der Waals surface area contributed by atoms with Crippen LogP contribution in [-0.4, -0.2) is 27.2 Å².